The van der Waals surface area contributed by atoms with Crippen LogP contribution in [0.3, 0.4) is 0 Å². The average molecular weight is 308 g/mol. The van der Waals surface area contributed by atoms with Gasteiger partial charge in [0, 0.05) is 26.7 Å². The Hall–Kier alpha value is -0.210. The van der Waals surface area contributed by atoms with Crippen molar-refractivity contribution in [1.29, 1.82) is 0 Å². The number of hydrogen-bond donors (Lipinski definition) is 2. The minimum Gasteiger partial charge on any atom is -0.378 e. The SMILES string of the molecule is CCCNCCCCS(=O)(=O)NCC1(OC)CCOC1. The standard InChI is InChI=1S/C13H28N2O4S/c1-3-7-14-8-4-5-10-20(16,17)15-11-13(18-2)6-9-19-12-13/h14-15H,3-12H2,1-2H3. The molecule has 1 aliphatic heterocycles. The highest BCUT2D eigenvalue weighted by molar-refractivity contribution is 7.89. The third-order valence-electron chi connectivity index (χ3n) is 3.56. The lowest BCUT2D eigenvalue weighted by molar-refractivity contribution is -0.0120. The lowest BCUT2D eigenvalue weighted by Crippen LogP contribution is -2.45. The molecule has 120 valence electrons. The van der Waals surface area contributed by atoms with Crippen LogP contribution in [-0.4, -0.2) is 59.7 Å². The van der Waals surface area contributed by atoms with Gasteiger partial charge >= 0.3 is 0 Å². The molecule has 7 heteroatoms. The molecule has 0 aliphatic carbocycles. The van der Waals surface area contributed by atoms with Crippen molar-refractivity contribution in [2.45, 2.75) is 38.2 Å². The molecule has 0 radical (unpaired) electrons. The maximum atomic E-state index is 11.9. The van der Waals surface area contributed by atoms with Crippen LogP contribution in [0.4, 0.5) is 0 Å². The summed E-state index contributed by atoms with van der Waals surface area (Å²) in [6, 6.07) is 0. The fourth-order valence-corrected chi connectivity index (χ4v) is 3.33. The van der Waals surface area contributed by atoms with Crippen LogP contribution in [0, 0.1) is 0 Å². The average Bonchev–Trinajstić information content (AvgIpc) is 2.90. The minimum atomic E-state index is -3.22. The van der Waals surface area contributed by atoms with Gasteiger partial charge in [-0.05, 0) is 32.4 Å². The third-order valence-corrected chi connectivity index (χ3v) is 4.97. The maximum Gasteiger partial charge on any atom is 0.211 e. The fraction of sp³-hybridized carbons (Fsp3) is 1.00. The van der Waals surface area contributed by atoms with Crippen LogP contribution in [0.5, 0.6) is 0 Å². The third kappa shape index (κ3) is 6.49. The molecule has 1 atom stereocenters. The van der Waals surface area contributed by atoms with Crippen molar-refractivity contribution in [3.63, 3.8) is 0 Å². The highest BCUT2D eigenvalue weighted by Crippen LogP contribution is 2.21. The van der Waals surface area contributed by atoms with Crippen molar-refractivity contribution in [3.8, 4) is 0 Å². The van der Waals surface area contributed by atoms with Crippen LogP contribution in [-0.2, 0) is 19.5 Å². The van der Waals surface area contributed by atoms with Gasteiger partial charge in [0.05, 0.1) is 12.4 Å². The van der Waals surface area contributed by atoms with Gasteiger partial charge in [-0.3, -0.25) is 0 Å². The topological polar surface area (TPSA) is 76.7 Å². The molecule has 1 rings (SSSR count). The molecule has 20 heavy (non-hydrogen) atoms. The van der Waals surface area contributed by atoms with E-state index in [0.29, 0.717) is 26.2 Å². The molecule has 1 saturated heterocycles. The van der Waals surface area contributed by atoms with Crippen LogP contribution >= 0.6 is 0 Å². The molecule has 0 saturated carbocycles. The molecule has 0 aromatic carbocycles. The molecule has 1 unspecified atom stereocenters. The predicted molar refractivity (Wildman–Crippen MR) is 79.4 cm³/mol. The second kappa shape index (κ2) is 8.94. The first-order chi connectivity index (χ1) is 9.54. The number of sulfonamides is 1. The van der Waals surface area contributed by atoms with E-state index in [1.54, 1.807) is 7.11 Å². The molecule has 1 heterocycles. The molecule has 1 fully saturated rings. The Kier molecular flexibility index (Phi) is 7.98. The smallest absolute Gasteiger partial charge is 0.211 e. The van der Waals surface area contributed by atoms with Crippen LogP contribution in [0.15, 0.2) is 0 Å². The highest BCUT2D eigenvalue weighted by Gasteiger charge is 2.35. The van der Waals surface area contributed by atoms with Crippen molar-refractivity contribution < 1.29 is 17.9 Å². The van der Waals surface area contributed by atoms with E-state index in [1.807, 2.05) is 0 Å². The zero-order valence-corrected chi connectivity index (χ0v) is 13.4. The number of nitrogens with one attached hydrogen (secondary N) is 2. The second-order valence-electron chi connectivity index (χ2n) is 5.29. The number of hydrogen-bond acceptors (Lipinski definition) is 5. The fourth-order valence-electron chi connectivity index (χ4n) is 2.12. The first kappa shape index (κ1) is 17.8. The van der Waals surface area contributed by atoms with E-state index in [2.05, 4.69) is 17.0 Å². The summed E-state index contributed by atoms with van der Waals surface area (Å²) in [6.45, 7) is 5.34. The van der Waals surface area contributed by atoms with Gasteiger partial charge in [-0.1, -0.05) is 6.92 Å². The van der Waals surface area contributed by atoms with Gasteiger partial charge in [-0.25, -0.2) is 13.1 Å². The molecule has 2 N–H and O–H groups in total. The van der Waals surface area contributed by atoms with E-state index in [9.17, 15) is 8.42 Å². The zero-order valence-electron chi connectivity index (χ0n) is 12.6. The summed E-state index contributed by atoms with van der Waals surface area (Å²) in [5, 5.41) is 3.26. The summed E-state index contributed by atoms with van der Waals surface area (Å²) in [5.41, 5.74) is -0.490. The Morgan fingerprint density at radius 3 is 2.70 bits per heavy atom. The second-order valence-corrected chi connectivity index (χ2v) is 7.21. The largest absolute Gasteiger partial charge is 0.378 e. The number of methoxy groups -OCH3 is 1. The van der Waals surface area contributed by atoms with Crippen LogP contribution in [0.1, 0.15) is 32.6 Å². The molecule has 0 bridgehead atoms. The Labute approximate surface area is 122 Å². The van der Waals surface area contributed by atoms with E-state index in [1.165, 1.54) is 0 Å². The Morgan fingerprint density at radius 1 is 1.30 bits per heavy atom. The molecule has 0 aromatic heterocycles. The highest BCUT2D eigenvalue weighted by atomic mass is 32.2. The van der Waals surface area contributed by atoms with E-state index in [4.69, 9.17) is 9.47 Å². The van der Waals surface area contributed by atoms with Gasteiger partial charge in [0.2, 0.25) is 10.0 Å². The Bertz CT molecular complexity index is 353. The molecular formula is C13H28N2O4S. The minimum absolute atomic E-state index is 0.168. The molecular weight excluding hydrogens is 280 g/mol. The van der Waals surface area contributed by atoms with Crippen molar-refractivity contribution in [3.05, 3.63) is 0 Å². The normalized spacial score (nSPS) is 23.3. The van der Waals surface area contributed by atoms with Gasteiger partial charge in [0.15, 0.2) is 0 Å². The zero-order chi connectivity index (χ0) is 14.9. The Balaban J connectivity index is 2.20. The van der Waals surface area contributed by atoms with Gasteiger partial charge < -0.3 is 14.8 Å². The summed E-state index contributed by atoms with van der Waals surface area (Å²) < 4.78 is 37.1. The molecule has 0 amide bonds. The van der Waals surface area contributed by atoms with Crippen LogP contribution < -0.4 is 10.0 Å². The lowest BCUT2D eigenvalue weighted by Gasteiger charge is -2.25. The molecule has 1 aliphatic rings. The predicted octanol–water partition coefficient (Wildman–Crippen LogP) is 0.491. The van der Waals surface area contributed by atoms with E-state index < -0.39 is 15.6 Å². The Morgan fingerprint density at radius 2 is 2.10 bits per heavy atom. The van der Waals surface area contributed by atoms with Crippen molar-refractivity contribution in [1.82, 2.24) is 10.0 Å². The van der Waals surface area contributed by atoms with E-state index >= 15 is 0 Å². The quantitative estimate of drug-likeness (QED) is 0.543. The summed E-state index contributed by atoms with van der Waals surface area (Å²) in [7, 11) is -1.62. The van der Waals surface area contributed by atoms with Gasteiger partial charge in [-0.2, -0.15) is 0 Å². The van der Waals surface area contributed by atoms with Crippen molar-refractivity contribution in [2.24, 2.45) is 0 Å². The lowest BCUT2D eigenvalue weighted by atomic mass is 10.0. The van der Waals surface area contributed by atoms with Crippen LogP contribution in [0.2, 0.25) is 0 Å². The summed E-state index contributed by atoms with van der Waals surface area (Å²) in [4.78, 5) is 0. The number of ether oxygens (including phenoxy) is 2. The van der Waals surface area contributed by atoms with E-state index in [0.717, 1.165) is 32.4 Å². The molecule has 6 nitrogen and oxygen atoms in total. The first-order valence-electron chi connectivity index (χ1n) is 7.34. The maximum absolute atomic E-state index is 11.9. The summed E-state index contributed by atoms with van der Waals surface area (Å²) in [5.74, 6) is 0.168. The molecule has 0 spiro atoms. The van der Waals surface area contributed by atoms with Crippen molar-refractivity contribution >= 4 is 10.0 Å². The van der Waals surface area contributed by atoms with Crippen LogP contribution in [0.25, 0.3) is 0 Å². The van der Waals surface area contributed by atoms with E-state index in [-0.39, 0.29) is 5.75 Å². The number of unbranched alkanes of at least 4 members (excludes halogenated alkanes) is 1. The summed E-state index contributed by atoms with van der Waals surface area (Å²) >= 11 is 0. The first-order valence-corrected chi connectivity index (χ1v) is 9.00. The van der Waals surface area contributed by atoms with Crippen molar-refractivity contribution in [2.75, 3.05) is 45.7 Å². The monoisotopic (exact) mass is 308 g/mol. The molecule has 0 aromatic rings. The number of rotatable bonds is 11. The van der Waals surface area contributed by atoms with Gasteiger partial charge in [-0.15, -0.1) is 0 Å². The van der Waals surface area contributed by atoms with Gasteiger partial charge in [0.1, 0.15) is 5.60 Å². The van der Waals surface area contributed by atoms with Gasteiger partial charge in [0.25, 0.3) is 0 Å². The summed E-state index contributed by atoms with van der Waals surface area (Å²) in [6.07, 6.45) is 3.37.